The first-order valence-electron chi connectivity index (χ1n) is 9.38. The monoisotopic (exact) mass is 388 g/mol. The molecule has 0 spiro atoms. The first-order chi connectivity index (χ1) is 13.8. The van der Waals surface area contributed by atoms with Crippen molar-refractivity contribution in [2.45, 2.75) is 6.92 Å². The SMILES string of the molecule is Cc1cc(N2CCN(c3ncccn3)CC2)nnc1-c1cc2ccccc2s1. The van der Waals surface area contributed by atoms with Crippen LogP contribution in [0.25, 0.3) is 20.7 Å². The van der Waals surface area contributed by atoms with Gasteiger partial charge in [-0.15, -0.1) is 21.5 Å². The van der Waals surface area contributed by atoms with Gasteiger partial charge in [0, 0.05) is 43.3 Å². The molecular weight excluding hydrogens is 368 g/mol. The molecule has 3 aromatic heterocycles. The van der Waals surface area contributed by atoms with Gasteiger partial charge >= 0.3 is 0 Å². The minimum absolute atomic E-state index is 0.796. The molecular formula is C21H20N6S. The molecule has 0 atom stereocenters. The standard InChI is InChI=1S/C21H20N6S/c1-15-13-19(26-9-11-27(12-10-26)21-22-7-4-8-23-21)24-25-20(15)18-14-16-5-2-3-6-17(16)28-18/h2-8,13-14H,9-12H2,1H3. The van der Waals surface area contributed by atoms with Crippen LogP contribution in [0, 0.1) is 6.92 Å². The Morgan fingerprint density at radius 2 is 1.61 bits per heavy atom. The van der Waals surface area contributed by atoms with Crippen LogP contribution in [0.2, 0.25) is 0 Å². The van der Waals surface area contributed by atoms with E-state index in [1.807, 2.05) is 6.07 Å². The molecule has 0 aliphatic carbocycles. The van der Waals surface area contributed by atoms with E-state index in [0.29, 0.717) is 0 Å². The van der Waals surface area contributed by atoms with E-state index in [1.165, 1.54) is 15.0 Å². The number of piperazine rings is 1. The normalized spacial score (nSPS) is 14.6. The molecule has 0 bridgehead atoms. The highest BCUT2D eigenvalue weighted by Crippen LogP contribution is 2.34. The van der Waals surface area contributed by atoms with Gasteiger partial charge < -0.3 is 9.80 Å². The third kappa shape index (κ3) is 3.18. The summed E-state index contributed by atoms with van der Waals surface area (Å²) in [5.74, 6) is 1.74. The largest absolute Gasteiger partial charge is 0.352 e. The van der Waals surface area contributed by atoms with Crippen molar-refractivity contribution in [3.8, 4) is 10.6 Å². The number of nitrogens with zero attached hydrogens (tertiary/aromatic N) is 6. The molecule has 140 valence electrons. The lowest BCUT2D eigenvalue weighted by Crippen LogP contribution is -2.47. The van der Waals surface area contributed by atoms with Crippen molar-refractivity contribution >= 4 is 33.2 Å². The van der Waals surface area contributed by atoms with Crippen molar-refractivity contribution in [1.82, 2.24) is 20.2 Å². The molecule has 1 fully saturated rings. The summed E-state index contributed by atoms with van der Waals surface area (Å²) in [4.78, 5) is 14.4. The molecule has 1 aromatic carbocycles. The van der Waals surface area contributed by atoms with Gasteiger partial charge in [-0.25, -0.2) is 9.97 Å². The van der Waals surface area contributed by atoms with Crippen LogP contribution in [0.5, 0.6) is 0 Å². The third-order valence-corrected chi connectivity index (χ3v) is 6.19. The Hall–Kier alpha value is -3.06. The van der Waals surface area contributed by atoms with Gasteiger partial charge in [0.15, 0.2) is 5.82 Å². The third-order valence-electron chi connectivity index (χ3n) is 5.07. The molecule has 5 rings (SSSR count). The van der Waals surface area contributed by atoms with Gasteiger partial charge in [-0.3, -0.25) is 0 Å². The summed E-state index contributed by atoms with van der Waals surface area (Å²) in [5, 5.41) is 10.4. The molecule has 0 unspecified atom stereocenters. The summed E-state index contributed by atoms with van der Waals surface area (Å²) in [6, 6.07) is 14.6. The number of fused-ring (bicyclic) bond motifs is 1. The number of benzene rings is 1. The van der Waals surface area contributed by atoms with E-state index in [0.717, 1.165) is 49.2 Å². The quantitative estimate of drug-likeness (QED) is 0.532. The maximum atomic E-state index is 4.58. The van der Waals surface area contributed by atoms with Gasteiger partial charge in [0.05, 0.1) is 4.88 Å². The number of hydrogen-bond acceptors (Lipinski definition) is 7. The molecule has 1 aliphatic heterocycles. The first kappa shape index (κ1) is 17.1. The predicted octanol–water partition coefficient (Wildman–Crippen LogP) is 3.78. The fourth-order valence-corrected chi connectivity index (χ4v) is 4.67. The van der Waals surface area contributed by atoms with Crippen LogP contribution in [-0.2, 0) is 0 Å². The molecule has 28 heavy (non-hydrogen) atoms. The highest BCUT2D eigenvalue weighted by molar-refractivity contribution is 7.22. The van der Waals surface area contributed by atoms with Crippen molar-refractivity contribution in [1.29, 1.82) is 0 Å². The zero-order valence-corrected chi connectivity index (χ0v) is 16.4. The smallest absolute Gasteiger partial charge is 0.225 e. The van der Waals surface area contributed by atoms with Crippen molar-refractivity contribution in [2.24, 2.45) is 0 Å². The lowest BCUT2D eigenvalue weighted by molar-refractivity contribution is 0.631. The van der Waals surface area contributed by atoms with Crippen LogP contribution >= 0.6 is 11.3 Å². The van der Waals surface area contributed by atoms with E-state index >= 15 is 0 Å². The number of hydrogen-bond donors (Lipinski definition) is 0. The average Bonchev–Trinajstić information content (AvgIpc) is 3.18. The van der Waals surface area contributed by atoms with E-state index < -0.39 is 0 Å². The molecule has 0 amide bonds. The van der Waals surface area contributed by atoms with Gasteiger partial charge in [0.2, 0.25) is 5.95 Å². The maximum absolute atomic E-state index is 4.58. The zero-order valence-electron chi connectivity index (χ0n) is 15.6. The molecule has 4 aromatic rings. The van der Waals surface area contributed by atoms with Gasteiger partial charge in [0.1, 0.15) is 5.69 Å². The minimum atomic E-state index is 0.796. The summed E-state index contributed by atoms with van der Waals surface area (Å²) in [6.45, 7) is 5.64. The van der Waals surface area contributed by atoms with Gasteiger partial charge in [-0.1, -0.05) is 18.2 Å². The Morgan fingerprint density at radius 3 is 2.36 bits per heavy atom. The van der Waals surface area contributed by atoms with Gasteiger partial charge in [-0.2, -0.15) is 0 Å². The highest BCUT2D eigenvalue weighted by Gasteiger charge is 2.21. The van der Waals surface area contributed by atoms with Crippen LogP contribution in [0.15, 0.2) is 54.9 Å². The van der Waals surface area contributed by atoms with Crippen molar-refractivity contribution in [3.63, 3.8) is 0 Å². The van der Waals surface area contributed by atoms with Crippen molar-refractivity contribution in [3.05, 3.63) is 60.4 Å². The zero-order chi connectivity index (χ0) is 18.9. The second-order valence-corrected chi connectivity index (χ2v) is 7.99. The maximum Gasteiger partial charge on any atom is 0.225 e. The molecule has 0 N–H and O–H groups in total. The van der Waals surface area contributed by atoms with Crippen LogP contribution in [0.4, 0.5) is 11.8 Å². The predicted molar refractivity (Wildman–Crippen MR) is 114 cm³/mol. The van der Waals surface area contributed by atoms with E-state index in [1.54, 1.807) is 23.7 Å². The van der Waals surface area contributed by atoms with E-state index in [4.69, 9.17) is 0 Å². The minimum Gasteiger partial charge on any atom is -0.352 e. The Balaban J connectivity index is 1.34. The number of thiophene rings is 1. The lowest BCUT2D eigenvalue weighted by Gasteiger charge is -2.35. The first-order valence-corrected chi connectivity index (χ1v) is 10.2. The highest BCUT2D eigenvalue weighted by atomic mass is 32.1. The number of aryl methyl sites for hydroxylation is 1. The molecule has 0 radical (unpaired) electrons. The molecule has 6 nitrogen and oxygen atoms in total. The van der Waals surface area contributed by atoms with E-state index in [-0.39, 0.29) is 0 Å². The number of anilines is 2. The summed E-state index contributed by atoms with van der Waals surface area (Å²) in [5.41, 5.74) is 2.13. The van der Waals surface area contributed by atoms with Crippen LogP contribution in [0.1, 0.15) is 5.56 Å². The van der Waals surface area contributed by atoms with E-state index in [9.17, 15) is 0 Å². The summed E-state index contributed by atoms with van der Waals surface area (Å²) in [6.07, 6.45) is 3.58. The molecule has 4 heterocycles. The van der Waals surface area contributed by atoms with Crippen LogP contribution in [0.3, 0.4) is 0 Å². The van der Waals surface area contributed by atoms with E-state index in [2.05, 4.69) is 73.3 Å². The van der Waals surface area contributed by atoms with Crippen molar-refractivity contribution in [2.75, 3.05) is 36.0 Å². The Morgan fingerprint density at radius 1 is 0.857 bits per heavy atom. The molecule has 1 aliphatic rings. The van der Waals surface area contributed by atoms with Gasteiger partial charge in [-0.05, 0) is 42.1 Å². The van der Waals surface area contributed by atoms with Crippen LogP contribution < -0.4 is 9.80 Å². The lowest BCUT2D eigenvalue weighted by atomic mass is 10.2. The fraction of sp³-hybridized carbons (Fsp3) is 0.238. The second kappa shape index (κ2) is 7.16. The Kier molecular flexibility index (Phi) is 4.37. The Labute approximate surface area is 167 Å². The molecule has 0 saturated carbocycles. The average molecular weight is 389 g/mol. The summed E-state index contributed by atoms with van der Waals surface area (Å²) >= 11 is 1.77. The summed E-state index contributed by atoms with van der Waals surface area (Å²) in [7, 11) is 0. The van der Waals surface area contributed by atoms with Crippen molar-refractivity contribution < 1.29 is 0 Å². The number of rotatable bonds is 3. The molecule has 1 saturated heterocycles. The second-order valence-electron chi connectivity index (χ2n) is 6.91. The van der Waals surface area contributed by atoms with Gasteiger partial charge in [0.25, 0.3) is 0 Å². The fourth-order valence-electron chi connectivity index (χ4n) is 3.56. The Bertz CT molecular complexity index is 1070. The van der Waals surface area contributed by atoms with Crippen LogP contribution in [-0.4, -0.2) is 46.3 Å². The topological polar surface area (TPSA) is 58.0 Å². The molecule has 7 heteroatoms. The number of aromatic nitrogens is 4. The summed E-state index contributed by atoms with van der Waals surface area (Å²) < 4.78 is 1.28.